The van der Waals surface area contributed by atoms with Crippen molar-refractivity contribution in [3.63, 3.8) is 0 Å². The van der Waals surface area contributed by atoms with Crippen LogP contribution in [-0.2, 0) is 9.31 Å². The maximum absolute atomic E-state index is 5.97. The third kappa shape index (κ3) is 1.90. The zero-order valence-electron chi connectivity index (χ0n) is 10.6. The van der Waals surface area contributed by atoms with Gasteiger partial charge in [-0.25, -0.2) is 0 Å². The smallest absolute Gasteiger partial charge is 0.399 e. The lowest BCUT2D eigenvalue weighted by Gasteiger charge is -2.32. The molecule has 1 aliphatic heterocycles. The Bertz CT molecular complexity index is 383. The normalized spacial score (nSPS) is 22.4. The van der Waals surface area contributed by atoms with Gasteiger partial charge in [-0.1, -0.05) is 18.2 Å². The summed E-state index contributed by atoms with van der Waals surface area (Å²) < 4.78 is 11.9. The van der Waals surface area contributed by atoms with Crippen molar-refractivity contribution >= 4 is 12.6 Å². The van der Waals surface area contributed by atoms with Crippen LogP contribution < -0.4 is 5.46 Å². The summed E-state index contributed by atoms with van der Waals surface area (Å²) in [7, 11) is -0.265. The minimum absolute atomic E-state index is 0.265. The van der Waals surface area contributed by atoms with Crippen molar-refractivity contribution in [1.29, 1.82) is 0 Å². The monoisotopic (exact) mass is 217 g/mol. The maximum Gasteiger partial charge on any atom is 0.494 e. The molecule has 1 saturated heterocycles. The average Bonchev–Trinajstić information content (AvgIpc) is 2.36. The molecule has 3 heteroatoms. The molecule has 1 heterocycles. The highest BCUT2D eigenvalue weighted by Gasteiger charge is 2.51. The van der Waals surface area contributed by atoms with E-state index in [0.29, 0.717) is 0 Å². The van der Waals surface area contributed by atoms with Gasteiger partial charge >= 0.3 is 7.12 Å². The van der Waals surface area contributed by atoms with Gasteiger partial charge in [0.1, 0.15) is 0 Å². The average molecular weight is 217 g/mol. The first-order valence-electron chi connectivity index (χ1n) is 5.66. The van der Waals surface area contributed by atoms with Gasteiger partial charge in [-0.05, 0) is 51.7 Å². The van der Waals surface area contributed by atoms with E-state index in [1.54, 1.807) is 0 Å². The molecule has 16 heavy (non-hydrogen) atoms. The molecule has 1 radical (unpaired) electrons. The Morgan fingerprint density at radius 2 is 1.69 bits per heavy atom. The fourth-order valence-corrected chi connectivity index (χ4v) is 1.73. The molecule has 85 valence electrons. The second-order valence-electron chi connectivity index (χ2n) is 5.39. The summed E-state index contributed by atoms with van der Waals surface area (Å²) in [6.45, 7) is 10.3. The predicted octanol–water partition coefficient (Wildman–Crippen LogP) is 2.09. The fraction of sp³-hybridized carbons (Fsp3) is 0.538. The van der Waals surface area contributed by atoms with Crippen LogP contribution >= 0.6 is 0 Å². The molecular weight excluding hydrogens is 199 g/mol. The molecular formula is C13H18BO2. The van der Waals surface area contributed by atoms with Crippen molar-refractivity contribution in [3.05, 3.63) is 29.8 Å². The Kier molecular flexibility index (Phi) is 2.63. The molecule has 0 aromatic heterocycles. The fourth-order valence-electron chi connectivity index (χ4n) is 1.73. The minimum Gasteiger partial charge on any atom is -0.399 e. The van der Waals surface area contributed by atoms with Crippen molar-refractivity contribution in [1.82, 2.24) is 0 Å². The molecule has 1 aliphatic rings. The Balaban J connectivity index is 2.27. The lowest BCUT2D eigenvalue weighted by molar-refractivity contribution is 0.00578. The van der Waals surface area contributed by atoms with E-state index in [2.05, 4.69) is 39.8 Å². The lowest BCUT2D eigenvalue weighted by atomic mass is 9.78. The van der Waals surface area contributed by atoms with Crippen LogP contribution in [0.2, 0.25) is 0 Å². The van der Waals surface area contributed by atoms with Crippen LogP contribution in [0.25, 0.3) is 0 Å². The number of rotatable bonds is 1. The number of aryl methyl sites for hydroxylation is 1. The third-order valence-electron chi connectivity index (χ3n) is 3.50. The van der Waals surface area contributed by atoms with Gasteiger partial charge in [0.15, 0.2) is 0 Å². The van der Waals surface area contributed by atoms with E-state index >= 15 is 0 Å². The SMILES string of the molecule is Cc1[c]ccc(B2OC(C)(C)C(C)(C)O2)c1. The van der Waals surface area contributed by atoms with Gasteiger partial charge in [-0.3, -0.25) is 0 Å². The van der Waals surface area contributed by atoms with Gasteiger partial charge in [-0.15, -0.1) is 0 Å². The number of hydrogen-bond acceptors (Lipinski definition) is 2. The Morgan fingerprint density at radius 1 is 1.12 bits per heavy atom. The third-order valence-corrected chi connectivity index (χ3v) is 3.50. The van der Waals surface area contributed by atoms with Crippen molar-refractivity contribution < 1.29 is 9.31 Å². The van der Waals surface area contributed by atoms with Gasteiger partial charge in [0.25, 0.3) is 0 Å². The molecule has 0 N–H and O–H groups in total. The van der Waals surface area contributed by atoms with E-state index in [9.17, 15) is 0 Å². The van der Waals surface area contributed by atoms with Crippen LogP contribution in [0, 0.1) is 13.0 Å². The molecule has 0 atom stereocenters. The van der Waals surface area contributed by atoms with Gasteiger partial charge in [0.05, 0.1) is 11.2 Å². The first-order chi connectivity index (χ1) is 7.32. The molecule has 0 bridgehead atoms. The van der Waals surface area contributed by atoms with Crippen LogP contribution in [0.5, 0.6) is 0 Å². The Hall–Kier alpha value is -0.795. The number of hydrogen-bond donors (Lipinski definition) is 0. The van der Waals surface area contributed by atoms with E-state index in [1.807, 2.05) is 19.1 Å². The quantitative estimate of drug-likeness (QED) is 0.670. The van der Waals surface area contributed by atoms with E-state index in [0.717, 1.165) is 11.0 Å². The zero-order chi connectivity index (χ0) is 12.0. The van der Waals surface area contributed by atoms with E-state index in [-0.39, 0.29) is 18.3 Å². The molecule has 1 aromatic rings. The predicted molar refractivity (Wildman–Crippen MR) is 65.7 cm³/mol. The van der Waals surface area contributed by atoms with Crippen LogP contribution in [-0.4, -0.2) is 18.3 Å². The zero-order valence-corrected chi connectivity index (χ0v) is 10.6. The molecule has 2 rings (SSSR count). The highest BCUT2D eigenvalue weighted by atomic mass is 16.7. The highest BCUT2D eigenvalue weighted by molar-refractivity contribution is 6.62. The van der Waals surface area contributed by atoms with E-state index in [4.69, 9.17) is 9.31 Å². The summed E-state index contributed by atoms with van der Waals surface area (Å²) in [5, 5.41) is 0. The lowest BCUT2D eigenvalue weighted by Crippen LogP contribution is -2.41. The maximum atomic E-state index is 5.97. The number of benzene rings is 1. The summed E-state index contributed by atoms with van der Waals surface area (Å²) >= 11 is 0. The summed E-state index contributed by atoms with van der Waals surface area (Å²) in [5.41, 5.74) is 1.62. The van der Waals surface area contributed by atoms with Gasteiger partial charge in [0.2, 0.25) is 0 Å². The summed E-state index contributed by atoms with van der Waals surface area (Å²) in [5.74, 6) is 0. The van der Waals surface area contributed by atoms with Crippen molar-refractivity contribution in [2.75, 3.05) is 0 Å². The van der Waals surface area contributed by atoms with Crippen molar-refractivity contribution in [3.8, 4) is 0 Å². The first kappa shape index (κ1) is 11.7. The standard InChI is InChI=1S/C13H18BO2/c1-10-7-6-8-11(9-10)14-15-12(2,3)13(4,5)16-14/h6,8-9H,1-5H3. The Morgan fingerprint density at radius 3 is 2.19 bits per heavy atom. The van der Waals surface area contributed by atoms with Crippen LogP contribution in [0.3, 0.4) is 0 Å². The van der Waals surface area contributed by atoms with E-state index < -0.39 is 0 Å². The van der Waals surface area contributed by atoms with Crippen LogP contribution in [0.4, 0.5) is 0 Å². The van der Waals surface area contributed by atoms with Crippen LogP contribution in [0.15, 0.2) is 18.2 Å². The molecule has 0 unspecified atom stereocenters. The van der Waals surface area contributed by atoms with E-state index in [1.165, 1.54) is 0 Å². The Labute approximate surface area is 98.1 Å². The molecule has 0 spiro atoms. The second-order valence-corrected chi connectivity index (χ2v) is 5.39. The van der Waals surface area contributed by atoms with Crippen molar-refractivity contribution in [2.45, 2.75) is 45.8 Å². The van der Waals surface area contributed by atoms with Gasteiger partial charge in [0, 0.05) is 0 Å². The molecule has 0 saturated carbocycles. The molecule has 0 aliphatic carbocycles. The van der Waals surface area contributed by atoms with Crippen molar-refractivity contribution in [2.24, 2.45) is 0 Å². The minimum atomic E-state index is -0.273. The summed E-state index contributed by atoms with van der Waals surface area (Å²) in [6.07, 6.45) is 0. The van der Waals surface area contributed by atoms with Crippen LogP contribution in [0.1, 0.15) is 33.3 Å². The molecule has 2 nitrogen and oxygen atoms in total. The highest BCUT2D eigenvalue weighted by Crippen LogP contribution is 2.36. The second kappa shape index (κ2) is 3.61. The first-order valence-corrected chi connectivity index (χ1v) is 5.66. The molecule has 1 fully saturated rings. The summed E-state index contributed by atoms with van der Waals surface area (Å²) in [6, 6.07) is 9.09. The molecule has 0 amide bonds. The topological polar surface area (TPSA) is 18.5 Å². The largest absolute Gasteiger partial charge is 0.494 e. The van der Waals surface area contributed by atoms with Gasteiger partial charge < -0.3 is 9.31 Å². The van der Waals surface area contributed by atoms with Gasteiger partial charge in [-0.2, -0.15) is 0 Å². The molecule has 1 aromatic carbocycles. The summed E-state index contributed by atoms with van der Waals surface area (Å²) in [4.78, 5) is 0.